The van der Waals surface area contributed by atoms with Gasteiger partial charge in [-0.2, -0.15) is 0 Å². The summed E-state index contributed by atoms with van der Waals surface area (Å²) in [5.41, 5.74) is 6.39. The Morgan fingerprint density at radius 1 is 1.44 bits per heavy atom. The predicted molar refractivity (Wildman–Crippen MR) is 38.0 cm³/mol. The van der Waals surface area contributed by atoms with Gasteiger partial charge in [0.25, 0.3) is 0 Å². The first-order chi connectivity index (χ1) is 4.23. The number of rotatable bonds is 1. The van der Waals surface area contributed by atoms with Gasteiger partial charge in [-0.3, -0.25) is 0 Å². The second-order valence-corrected chi connectivity index (χ2v) is 3.94. The molecule has 0 radical (unpaired) electrons. The van der Waals surface area contributed by atoms with E-state index >= 15 is 0 Å². The zero-order valence-electron chi connectivity index (χ0n) is 6.06. The van der Waals surface area contributed by atoms with Crippen molar-refractivity contribution >= 4 is 0 Å². The Morgan fingerprint density at radius 3 is 2.11 bits per heavy atom. The lowest BCUT2D eigenvalue weighted by Gasteiger charge is -2.32. The van der Waals surface area contributed by atoms with Gasteiger partial charge >= 0.3 is 0 Å². The van der Waals surface area contributed by atoms with Crippen molar-refractivity contribution in [2.75, 3.05) is 0 Å². The van der Waals surface area contributed by atoms with Gasteiger partial charge in [-0.25, -0.2) is 0 Å². The molecular weight excluding hydrogens is 110 g/mol. The summed E-state index contributed by atoms with van der Waals surface area (Å²) in [4.78, 5) is 0. The fourth-order valence-corrected chi connectivity index (χ4v) is 1.95. The third kappa shape index (κ3) is 0.644. The van der Waals surface area contributed by atoms with E-state index in [1.807, 2.05) is 0 Å². The minimum Gasteiger partial charge on any atom is -0.327 e. The van der Waals surface area contributed by atoms with Crippen LogP contribution >= 0.6 is 0 Å². The first kappa shape index (κ1) is 5.72. The molecule has 2 aliphatic rings. The number of nitrogens with two attached hydrogens (primary N) is 1. The quantitative estimate of drug-likeness (QED) is 0.565. The Morgan fingerprint density at radius 2 is 2.00 bits per heavy atom. The van der Waals surface area contributed by atoms with Crippen molar-refractivity contribution in [3.05, 3.63) is 0 Å². The normalized spacial score (nSPS) is 50.7. The fraction of sp³-hybridized carbons (Fsp3) is 1.00. The van der Waals surface area contributed by atoms with E-state index in [2.05, 4.69) is 6.92 Å². The first-order valence-electron chi connectivity index (χ1n) is 3.99. The van der Waals surface area contributed by atoms with E-state index < -0.39 is 0 Å². The molecule has 2 aliphatic carbocycles. The van der Waals surface area contributed by atoms with Crippen LogP contribution in [-0.2, 0) is 0 Å². The van der Waals surface area contributed by atoms with Gasteiger partial charge < -0.3 is 5.73 Å². The van der Waals surface area contributed by atoms with Crippen LogP contribution in [0.1, 0.15) is 32.6 Å². The average molecular weight is 125 g/mol. The van der Waals surface area contributed by atoms with Crippen LogP contribution in [0, 0.1) is 11.3 Å². The van der Waals surface area contributed by atoms with Crippen molar-refractivity contribution in [2.45, 2.75) is 38.6 Å². The summed E-state index contributed by atoms with van der Waals surface area (Å²) in [6, 6.07) is 0.544. The lowest BCUT2D eigenvalue weighted by Crippen LogP contribution is -2.26. The first-order valence-corrected chi connectivity index (χ1v) is 3.99. The summed E-state index contributed by atoms with van der Waals surface area (Å²) in [5.74, 6) is 0.993. The molecule has 0 aromatic carbocycles. The van der Waals surface area contributed by atoms with Crippen LogP contribution in [0.25, 0.3) is 0 Å². The van der Waals surface area contributed by atoms with Crippen LogP contribution in [0.3, 0.4) is 0 Å². The summed E-state index contributed by atoms with van der Waals surface area (Å²) < 4.78 is 0. The van der Waals surface area contributed by atoms with Gasteiger partial charge in [0.2, 0.25) is 0 Å². The van der Waals surface area contributed by atoms with Crippen LogP contribution in [-0.4, -0.2) is 6.04 Å². The molecule has 2 unspecified atom stereocenters. The van der Waals surface area contributed by atoms with Crippen LogP contribution in [0.4, 0.5) is 0 Å². The predicted octanol–water partition coefficient (Wildman–Crippen LogP) is 1.52. The fourth-order valence-electron chi connectivity index (χ4n) is 1.95. The summed E-state index contributed by atoms with van der Waals surface area (Å²) in [6.45, 7) is 2.35. The monoisotopic (exact) mass is 125 g/mol. The molecule has 2 rings (SSSR count). The Labute approximate surface area is 56.6 Å². The maximum Gasteiger partial charge on any atom is 0.0102 e. The topological polar surface area (TPSA) is 26.0 Å². The maximum absolute atomic E-state index is 5.81. The van der Waals surface area contributed by atoms with E-state index in [9.17, 15) is 0 Å². The zero-order valence-corrected chi connectivity index (χ0v) is 6.06. The molecule has 1 heteroatoms. The van der Waals surface area contributed by atoms with Gasteiger partial charge in [0.05, 0.1) is 0 Å². The molecule has 0 heterocycles. The standard InChI is InChI=1S/C8H15N/c1-8(5-7(8)9)6-3-2-4-6/h6-7H,2-5,9H2,1H3. The van der Waals surface area contributed by atoms with Gasteiger partial charge in [0.15, 0.2) is 0 Å². The molecule has 2 N–H and O–H groups in total. The molecule has 0 bridgehead atoms. The molecule has 52 valence electrons. The molecule has 0 amide bonds. The number of hydrogen-bond acceptors (Lipinski definition) is 1. The lowest BCUT2D eigenvalue weighted by molar-refractivity contribution is 0.196. The SMILES string of the molecule is CC1(C2CCC2)CC1N. The Balaban J connectivity index is 1.97. The Hall–Kier alpha value is -0.0400. The summed E-state index contributed by atoms with van der Waals surface area (Å²) in [7, 11) is 0. The highest BCUT2D eigenvalue weighted by atomic mass is 14.8. The molecule has 0 aromatic heterocycles. The molecule has 0 aromatic rings. The van der Waals surface area contributed by atoms with Gasteiger partial charge in [0.1, 0.15) is 0 Å². The summed E-state index contributed by atoms with van der Waals surface area (Å²) in [5, 5.41) is 0. The van der Waals surface area contributed by atoms with Crippen molar-refractivity contribution in [3.8, 4) is 0 Å². The molecule has 9 heavy (non-hydrogen) atoms. The van der Waals surface area contributed by atoms with Crippen LogP contribution in [0.15, 0.2) is 0 Å². The van der Waals surface area contributed by atoms with Crippen LogP contribution < -0.4 is 5.73 Å². The van der Waals surface area contributed by atoms with Gasteiger partial charge in [0, 0.05) is 6.04 Å². The maximum atomic E-state index is 5.81. The van der Waals surface area contributed by atoms with Crippen molar-refractivity contribution in [1.29, 1.82) is 0 Å². The lowest BCUT2D eigenvalue weighted by atomic mass is 9.74. The van der Waals surface area contributed by atoms with E-state index in [1.54, 1.807) is 0 Å². The molecule has 2 fully saturated rings. The zero-order chi connectivity index (χ0) is 6.48. The molecule has 0 saturated heterocycles. The van der Waals surface area contributed by atoms with Crippen LogP contribution in [0.5, 0.6) is 0 Å². The Bertz CT molecular complexity index is 129. The minimum atomic E-state index is 0.544. The van der Waals surface area contributed by atoms with Gasteiger partial charge in [-0.15, -0.1) is 0 Å². The summed E-state index contributed by atoms with van der Waals surface area (Å²) >= 11 is 0. The highest BCUT2D eigenvalue weighted by molar-refractivity contribution is 5.08. The number of hydrogen-bond donors (Lipinski definition) is 1. The van der Waals surface area contributed by atoms with Crippen molar-refractivity contribution in [1.82, 2.24) is 0 Å². The third-order valence-electron chi connectivity index (χ3n) is 3.38. The van der Waals surface area contributed by atoms with Crippen molar-refractivity contribution in [3.63, 3.8) is 0 Å². The second-order valence-electron chi connectivity index (χ2n) is 3.94. The van der Waals surface area contributed by atoms with E-state index in [0.29, 0.717) is 11.5 Å². The van der Waals surface area contributed by atoms with Crippen LogP contribution in [0.2, 0.25) is 0 Å². The third-order valence-corrected chi connectivity index (χ3v) is 3.38. The van der Waals surface area contributed by atoms with E-state index in [1.165, 1.54) is 25.7 Å². The molecule has 0 spiro atoms. The van der Waals surface area contributed by atoms with Gasteiger partial charge in [-0.1, -0.05) is 13.3 Å². The molecule has 1 nitrogen and oxygen atoms in total. The average Bonchev–Trinajstić information content (AvgIpc) is 2.07. The largest absolute Gasteiger partial charge is 0.327 e. The van der Waals surface area contributed by atoms with E-state index in [-0.39, 0.29) is 0 Å². The molecule has 2 atom stereocenters. The van der Waals surface area contributed by atoms with E-state index in [4.69, 9.17) is 5.73 Å². The Kier molecular flexibility index (Phi) is 0.963. The smallest absolute Gasteiger partial charge is 0.0102 e. The minimum absolute atomic E-state index is 0.544. The highest BCUT2D eigenvalue weighted by Gasteiger charge is 2.54. The molecule has 2 saturated carbocycles. The molecule has 0 aliphatic heterocycles. The second kappa shape index (κ2) is 1.51. The van der Waals surface area contributed by atoms with Gasteiger partial charge in [-0.05, 0) is 30.6 Å². The van der Waals surface area contributed by atoms with Crippen molar-refractivity contribution < 1.29 is 0 Å². The summed E-state index contributed by atoms with van der Waals surface area (Å²) in [6.07, 6.45) is 5.64. The van der Waals surface area contributed by atoms with E-state index in [0.717, 1.165) is 5.92 Å². The highest BCUT2D eigenvalue weighted by Crippen LogP contribution is 2.56. The van der Waals surface area contributed by atoms with Crippen molar-refractivity contribution in [2.24, 2.45) is 17.1 Å². The molecular formula is C8H15N.